The molecular weight excluding hydrogens is 196 g/mol. The molecule has 1 heterocycles. The standard InChI is InChI=1S/C5H5BrN4/c6-3-1-4(10-8)5(7)9-2-3/h1-2,8H,(H2,7,9). The minimum absolute atomic E-state index is 0.276. The molecule has 1 rings (SSSR count). The predicted molar refractivity (Wildman–Crippen MR) is 41.2 cm³/mol. The fraction of sp³-hybridized carbons (Fsp3) is 0. The van der Waals surface area contributed by atoms with E-state index in [-0.39, 0.29) is 5.82 Å². The van der Waals surface area contributed by atoms with Crippen molar-refractivity contribution in [2.24, 2.45) is 5.11 Å². The minimum atomic E-state index is 0.276. The molecule has 0 aromatic carbocycles. The van der Waals surface area contributed by atoms with Crippen LogP contribution in [-0.4, -0.2) is 4.98 Å². The lowest BCUT2D eigenvalue weighted by atomic mass is 10.4. The number of pyridine rings is 1. The third-order valence-electron chi connectivity index (χ3n) is 0.984. The van der Waals surface area contributed by atoms with Crippen LogP contribution < -0.4 is 5.73 Å². The van der Waals surface area contributed by atoms with Crippen molar-refractivity contribution in [3.63, 3.8) is 0 Å². The molecule has 0 aliphatic heterocycles. The number of rotatable bonds is 1. The van der Waals surface area contributed by atoms with Gasteiger partial charge in [-0.05, 0) is 22.0 Å². The van der Waals surface area contributed by atoms with E-state index < -0.39 is 0 Å². The molecule has 1 aromatic rings. The molecule has 0 bridgehead atoms. The highest BCUT2D eigenvalue weighted by Crippen LogP contribution is 2.22. The maximum atomic E-state index is 6.67. The van der Waals surface area contributed by atoms with Crippen molar-refractivity contribution >= 4 is 27.4 Å². The number of aromatic nitrogens is 1. The summed E-state index contributed by atoms with van der Waals surface area (Å²) in [6, 6.07) is 1.63. The summed E-state index contributed by atoms with van der Waals surface area (Å²) >= 11 is 3.18. The molecular formula is C5H5BrN4. The summed E-state index contributed by atoms with van der Waals surface area (Å²) in [5.74, 6) is 0.276. The van der Waals surface area contributed by atoms with Crippen LogP contribution >= 0.6 is 15.9 Å². The number of anilines is 1. The Morgan fingerprint density at radius 2 is 2.40 bits per heavy atom. The van der Waals surface area contributed by atoms with Crippen LogP contribution in [0.25, 0.3) is 0 Å². The van der Waals surface area contributed by atoms with Crippen LogP contribution in [0.1, 0.15) is 0 Å². The molecule has 0 aliphatic carbocycles. The van der Waals surface area contributed by atoms with Gasteiger partial charge < -0.3 is 5.73 Å². The largest absolute Gasteiger partial charge is 0.382 e. The molecule has 4 nitrogen and oxygen atoms in total. The van der Waals surface area contributed by atoms with Gasteiger partial charge in [-0.25, -0.2) is 10.5 Å². The Morgan fingerprint density at radius 3 is 2.90 bits per heavy atom. The van der Waals surface area contributed by atoms with E-state index >= 15 is 0 Å². The zero-order valence-electron chi connectivity index (χ0n) is 5.00. The summed E-state index contributed by atoms with van der Waals surface area (Å²) in [7, 11) is 0. The Bertz CT molecular complexity index is 260. The van der Waals surface area contributed by atoms with Crippen molar-refractivity contribution in [2.75, 3.05) is 5.73 Å². The molecule has 0 atom stereocenters. The first-order chi connectivity index (χ1) is 4.74. The summed E-state index contributed by atoms with van der Waals surface area (Å²) in [4.78, 5) is 3.77. The topological polar surface area (TPSA) is 75.1 Å². The van der Waals surface area contributed by atoms with E-state index in [1.807, 2.05) is 0 Å². The van der Waals surface area contributed by atoms with Crippen molar-refractivity contribution in [2.45, 2.75) is 0 Å². The van der Waals surface area contributed by atoms with Crippen molar-refractivity contribution in [3.05, 3.63) is 16.7 Å². The van der Waals surface area contributed by atoms with E-state index in [0.29, 0.717) is 5.69 Å². The van der Waals surface area contributed by atoms with Crippen LogP contribution in [0.2, 0.25) is 0 Å². The Labute approximate surface area is 66.1 Å². The minimum Gasteiger partial charge on any atom is -0.382 e. The van der Waals surface area contributed by atoms with E-state index in [9.17, 15) is 0 Å². The first kappa shape index (κ1) is 7.14. The lowest BCUT2D eigenvalue weighted by Crippen LogP contribution is -1.88. The molecule has 10 heavy (non-hydrogen) atoms. The number of nitrogens with one attached hydrogen (secondary N) is 1. The van der Waals surface area contributed by atoms with E-state index in [1.54, 1.807) is 12.3 Å². The monoisotopic (exact) mass is 200 g/mol. The number of nitrogen functional groups attached to an aromatic ring is 1. The van der Waals surface area contributed by atoms with Gasteiger partial charge in [-0.1, -0.05) is 0 Å². The Kier molecular flexibility index (Phi) is 1.96. The van der Waals surface area contributed by atoms with Crippen LogP contribution in [0.4, 0.5) is 11.5 Å². The zero-order chi connectivity index (χ0) is 7.56. The van der Waals surface area contributed by atoms with E-state index in [4.69, 9.17) is 11.3 Å². The third kappa shape index (κ3) is 1.30. The molecule has 0 radical (unpaired) electrons. The molecule has 0 saturated heterocycles. The Morgan fingerprint density at radius 1 is 1.70 bits per heavy atom. The number of halogens is 1. The van der Waals surface area contributed by atoms with E-state index in [0.717, 1.165) is 4.47 Å². The van der Waals surface area contributed by atoms with Gasteiger partial charge in [0, 0.05) is 10.7 Å². The summed E-state index contributed by atoms with van der Waals surface area (Å²) < 4.78 is 0.771. The van der Waals surface area contributed by atoms with Crippen molar-refractivity contribution in [3.8, 4) is 0 Å². The van der Waals surface area contributed by atoms with Gasteiger partial charge in [-0.2, -0.15) is 5.11 Å². The SMILES string of the molecule is N=Nc1cc(Br)cnc1N. The van der Waals surface area contributed by atoms with E-state index in [2.05, 4.69) is 26.0 Å². The maximum absolute atomic E-state index is 6.67. The third-order valence-corrected chi connectivity index (χ3v) is 1.42. The first-order valence-corrected chi connectivity index (χ1v) is 3.32. The smallest absolute Gasteiger partial charge is 0.151 e. The van der Waals surface area contributed by atoms with Gasteiger partial charge in [0.05, 0.1) is 0 Å². The van der Waals surface area contributed by atoms with Crippen LogP contribution in [0.5, 0.6) is 0 Å². The second kappa shape index (κ2) is 2.74. The molecule has 0 aliphatic rings. The van der Waals surface area contributed by atoms with Crippen molar-refractivity contribution in [1.29, 1.82) is 5.53 Å². The molecule has 5 heteroatoms. The van der Waals surface area contributed by atoms with E-state index in [1.165, 1.54) is 0 Å². The molecule has 0 spiro atoms. The van der Waals surface area contributed by atoms with Gasteiger partial charge in [0.25, 0.3) is 0 Å². The summed E-state index contributed by atoms with van der Waals surface area (Å²) in [6.45, 7) is 0. The first-order valence-electron chi connectivity index (χ1n) is 2.52. The Balaban J connectivity index is 3.21. The lowest BCUT2D eigenvalue weighted by molar-refractivity contribution is 1.13. The quantitative estimate of drug-likeness (QED) is 0.682. The van der Waals surface area contributed by atoms with Gasteiger partial charge in [-0.3, -0.25) is 0 Å². The number of nitrogens with two attached hydrogens (primary N) is 1. The number of hydrogen-bond acceptors (Lipinski definition) is 4. The maximum Gasteiger partial charge on any atom is 0.151 e. The highest BCUT2D eigenvalue weighted by molar-refractivity contribution is 9.10. The van der Waals surface area contributed by atoms with Crippen LogP contribution in [0.3, 0.4) is 0 Å². The summed E-state index contributed by atoms with van der Waals surface area (Å²) in [5, 5.41) is 3.16. The lowest BCUT2D eigenvalue weighted by Gasteiger charge is -1.95. The van der Waals surface area contributed by atoms with Crippen LogP contribution in [0.15, 0.2) is 21.9 Å². The van der Waals surface area contributed by atoms with Gasteiger partial charge in [0.1, 0.15) is 5.69 Å². The average molecular weight is 201 g/mol. The fourth-order valence-electron chi connectivity index (χ4n) is 0.529. The molecule has 0 fully saturated rings. The highest BCUT2D eigenvalue weighted by Gasteiger charge is 1.97. The number of hydrogen-bond donors (Lipinski definition) is 2. The molecule has 0 saturated carbocycles. The summed E-state index contributed by atoms with van der Waals surface area (Å²) in [6.07, 6.45) is 1.56. The van der Waals surface area contributed by atoms with Gasteiger partial charge in [0.15, 0.2) is 5.82 Å². The van der Waals surface area contributed by atoms with Gasteiger partial charge in [0.2, 0.25) is 0 Å². The number of nitrogens with zero attached hydrogens (tertiary/aromatic N) is 2. The molecule has 3 N–H and O–H groups in total. The van der Waals surface area contributed by atoms with Crippen molar-refractivity contribution in [1.82, 2.24) is 4.98 Å². The fourth-order valence-corrected chi connectivity index (χ4v) is 0.848. The van der Waals surface area contributed by atoms with Gasteiger partial charge >= 0.3 is 0 Å². The highest BCUT2D eigenvalue weighted by atomic mass is 79.9. The molecule has 1 aromatic heterocycles. The average Bonchev–Trinajstić information content (AvgIpc) is 1.94. The second-order valence-corrected chi connectivity index (χ2v) is 2.59. The molecule has 0 unspecified atom stereocenters. The van der Waals surface area contributed by atoms with Gasteiger partial charge in [-0.15, -0.1) is 0 Å². The van der Waals surface area contributed by atoms with Crippen LogP contribution in [0, 0.1) is 5.53 Å². The zero-order valence-corrected chi connectivity index (χ0v) is 6.59. The Hall–Kier alpha value is -0.970. The van der Waals surface area contributed by atoms with Crippen LogP contribution in [-0.2, 0) is 0 Å². The van der Waals surface area contributed by atoms with Crippen molar-refractivity contribution < 1.29 is 0 Å². The summed E-state index contributed by atoms with van der Waals surface area (Å²) in [5.41, 5.74) is 12.4. The normalized spacial score (nSPS) is 9.30. The second-order valence-electron chi connectivity index (χ2n) is 1.67. The molecule has 0 amide bonds. The molecule has 52 valence electrons. The predicted octanol–water partition coefficient (Wildman–Crippen LogP) is 2.09.